The molecule has 1 aromatic carbocycles. The van der Waals surface area contributed by atoms with E-state index in [1.165, 1.54) is 0 Å². The van der Waals surface area contributed by atoms with Crippen molar-refractivity contribution < 1.29 is 4.79 Å². The van der Waals surface area contributed by atoms with Crippen LogP contribution in [0.4, 0.5) is 0 Å². The largest absolute Gasteiger partial charge is 0.366 e. The van der Waals surface area contributed by atoms with Gasteiger partial charge in [0.1, 0.15) is 0 Å². The molecule has 0 aliphatic heterocycles. The highest BCUT2D eigenvalue weighted by molar-refractivity contribution is 6.05. The van der Waals surface area contributed by atoms with Crippen LogP contribution >= 0.6 is 0 Å². The number of amides is 1. The van der Waals surface area contributed by atoms with Gasteiger partial charge in [0, 0.05) is 23.3 Å². The predicted octanol–water partition coefficient (Wildman–Crippen LogP) is 2.40. The fourth-order valence-corrected chi connectivity index (χ4v) is 2.03. The summed E-state index contributed by atoms with van der Waals surface area (Å²) in [4.78, 5) is 20.0. The molecule has 0 saturated heterocycles. The summed E-state index contributed by atoms with van der Waals surface area (Å²) >= 11 is 0. The first-order chi connectivity index (χ1) is 9.25. The molecule has 1 amide bonds. The van der Waals surface area contributed by atoms with Crippen LogP contribution in [0, 0.1) is 0 Å². The number of aromatic nitrogens is 2. The average molecular weight is 249 g/mol. The zero-order valence-electron chi connectivity index (χ0n) is 10.1. The Hall–Kier alpha value is -2.75. The quantitative estimate of drug-likeness (QED) is 0.758. The Kier molecular flexibility index (Phi) is 2.68. The van der Waals surface area contributed by atoms with Gasteiger partial charge in [0.05, 0.1) is 16.8 Å². The molecule has 2 heterocycles. The van der Waals surface area contributed by atoms with Crippen molar-refractivity contribution in [3.63, 3.8) is 0 Å². The highest BCUT2D eigenvalue weighted by atomic mass is 16.1. The van der Waals surface area contributed by atoms with Gasteiger partial charge in [0.2, 0.25) is 0 Å². The third-order valence-electron chi connectivity index (χ3n) is 2.96. The van der Waals surface area contributed by atoms with Crippen LogP contribution in [0.5, 0.6) is 0 Å². The van der Waals surface area contributed by atoms with E-state index in [0.717, 1.165) is 16.6 Å². The van der Waals surface area contributed by atoms with Crippen molar-refractivity contribution in [1.29, 1.82) is 0 Å². The van der Waals surface area contributed by atoms with Crippen molar-refractivity contribution in [2.24, 2.45) is 5.73 Å². The number of hydrogen-bond acceptors (Lipinski definition) is 3. The molecule has 92 valence electrons. The normalized spacial score (nSPS) is 10.5. The van der Waals surface area contributed by atoms with E-state index in [2.05, 4.69) is 9.97 Å². The molecule has 0 fully saturated rings. The predicted molar refractivity (Wildman–Crippen MR) is 73.5 cm³/mol. The minimum absolute atomic E-state index is 0.438. The van der Waals surface area contributed by atoms with Gasteiger partial charge in [-0.05, 0) is 24.3 Å². The fourth-order valence-electron chi connectivity index (χ4n) is 2.03. The molecule has 0 atom stereocenters. The number of carbonyl (C=O) groups excluding carboxylic acids is 1. The lowest BCUT2D eigenvalue weighted by Gasteiger charge is -2.05. The molecule has 19 heavy (non-hydrogen) atoms. The number of para-hydroxylation sites is 1. The second-order valence-electron chi connectivity index (χ2n) is 4.17. The van der Waals surface area contributed by atoms with Gasteiger partial charge in [-0.1, -0.05) is 18.2 Å². The lowest BCUT2D eigenvalue weighted by Crippen LogP contribution is -2.11. The lowest BCUT2D eigenvalue weighted by atomic mass is 10.1. The summed E-state index contributed by atoms with van der Waals surface area (Å²) < 4.78 is 0. The van der Waals surface area contributed by atoms with Crippen LogP contribution in [0.1, 0.15) is 10.4 Å². The maximum Gasteiger partial charge on any atom is 0.250 e. The van der Waals surface area contributed by atoms with Crippen LogP contribution in [0.2, 0.25) is 0 Å². The molecule has 0 radical (unpaired) electrons. The monoisotopic (exact) mass is 249 g/mol. The molecule has 3 aromatic rings. The molecule has 0 unspecified atom stereocenters. The van der Waals surface area contributed by atoms with Gasteiger partial charge in [0.15, 0.2) is 0 Å². The van der Waals surface area contributed by atoms with Crippen LogP contribution < -0.4 is 5.73 Å². The Balaban J connectivity index is 2.25. The Morgan fingerprint density at radius 1 is 1.00 bits per heavy atom. The Morgan fingerprint density at radius 2 is 1.79 bits per heavy atom. The van der Waals surface area contributed by atoms with Crippen LogP contribution in [-0.2, 0) is 0 Å². The number of fused-ring (bicyclic) bond motifs is 1. The number of nitrogens with two attached hydrogens (primary N) is 1. The molecule has 0 bridgehead atoms. The Bertz CT molecular complexity index is 754. The summed E-state index contributed by atoms with van der Waals surface area (Å²) in [7, 11) is 0. The number of hydrogen-bond donors (Lipinski definition) is 1. The van der Waals surface area contributed by atoms with Crippen LogP contribution in [0.15, 0.2) is 54.9 Å². The van der Waals surface area contributed by atoms with Gasteiger partial charge < -0.3 is 5.73 Å². The van der Waals surface area contributed by atoms with E-state index in [-0.39, 0.29) is 0 Å². The van der Waals surface area contributed by atoms with E-state index >= 15 is 0 Å². The lowest BCUT2D eigenvalue weighted by molar-refractivity contribution is 0.100. The Morgan fingerprint density at radius 3 is 2.53 bits per heavy atom. The third-order valence-corrected chi connectivity index (χ3v) is 2.96. The first-order valence-electron chi connectivity index (χ1n) is 5.86. The molecule has 0 spiro atoms. The molecular weight excluding hydrogens is 238 g/mol. The zero-order chi connectivity index (χ0) is 13.2. The van der Waals surface area contributed by atoms with E-state index in [9.17, 15) is 4.79 Å². The number of primary amides is 1. The molecule has 3 rings (SSSR count). The van der Waals surface area contributed by atoms with E-state index in [1.54, 1.807) is 24.5 Å². The molecule has 2 N–H and O–H groups in total. The Labute approximate surface area is 109 Å². The van der Waals surface area contributed by atoms with Crippen LogP contribution in [-0.4, -0.2) is 15.9 Å². The van der Waals surface area contributed by atoms with E-state index < -0.39 is 5.91 Å². The van der Waals surface area contributed by atoms with Gasteiger partial charge in [-0.3, -0.25) is 9.78 Å². The molecule has 0 saturated carbocycles. The van der Waals surface area contributed by atoms with Crippen molar-refractivity contribution >= 4 is 16.8 Å². The number of nitrogens with zero attached hydrogens (tertiary/aromatic N) is 2. The summed E-state index contributed by atoms with van der Waals surface area (Å²) in [6.45, 7) is 0. The topological polar surface area (TPSA) is 68.9 Å². The highest BCUT2D eigenvalue weighted by Gasteiger charge is 2.08. The van der Waals surface area contributed by atoms with E-state index in [0.29, 0.717) is 11.1 Å². The van der Waals surface area contributed by atoms with Crippen molar-refractivity contribution in [2.75, 3.05) is 0 Å². The summed E-state index contributed by atoms with van der Waals surface area (Å²) in [6, 6.07) is 13.0. The van der Waals surface area contributed by atoms with Crippen molar-refractivity contribution in [3.05, 3.63) is 60.4 Å². The number of carbonyl (C=O) groups is 1. The first kappa shape index (κ1) is 11.3. The summed E-state index contributed by atoms with van der Waals surface area (Å²) in [6.07, 6.45) is 3.42. The smallest absolute Gasteiger partial charge is 0.250 e. The third kappa shape index (κ3) is 2.04. The average Bonchev–Trinajstić information content (AvgIpc) is 2.47. The van der Waals surface area contributed by atoms with Crippen LogP contribution in [0.25, 0.3) is 22.2 Å². The van der Waals surface area contributed by atoms with E-state index in [1.807, 2.05) is 30.3 Å². The molecular formula is C15H11N3O. The van der Waals surface area contributed by atoms with Crippen molar-refractivity contribution in [1.82, 2.24) is 9.97 Å². The first-order valence-corrected chi connectivity index (χ1v) is 5.86. The molecule has 4 heteroatoms. The molecule has 4 nitrogen and oxygen atoms in total. The molecule has 0 aliphatic rings. The summed E-state index contributed by atoms with van der Waals surface area (Å²) in [5.74, 6) is -0.468. The van der Waals surface area contributed by atoms with Gasteiger partial charge in [0.25, 0.3) is 5.91 Å². The number of pyridine rings is 2. The SMILES string of the molecule is NC(=O)c1cccc2ccc(-c3ccncc3)nc12. The van der Waals surface area contributed by atoms with Gasteiger partial charge in [-0.15, -0.1) is 0 Å². The highest BCUT2D eigenvalue weighted by Crippen LogP contribution is 2.22. The van der Waals surface area contributed by atoms with Gasteiger partial charge >= 0.3 is 0 Å². The van der Waals surface area contributed by atoms with Gasteiger partial charge in [-0.2, -0.15) is 0 Å². The minimum atomic E-state index is -0.468. The second kappa shape index (κ2) is 4.49. The second-order valence-corrected chi connectivity index (χ2v) is 4.17. The minimum Gasteiger partial charge on any atom is -0.366 e. The maximum absolute atomic E-state index is 11.4. The number of rotatable bonds is 2. The molecule has 0 aliphatic carbocycles. The summed E-state index contributed by atoms with van der Waals surface area (Å²) in [5.41, 5.74) is 8.20. The van der Waals surface area contributed by atoms with E-state index in [4.69, 9.17) is 5.73 Å². The van der Waals surface area contributed by atoms with Crippen molar-refractivity contribution in [3.8, 4) is 11.3 Å². The van der Waals surface area contributed by atoms with Crippen LogP contribution in [0.3, 0.4) is 0 Å². The zero-order valence-corrected chi connectivity index (χ0v) is 10.1. The standard InChI is InChI=1S/C15H11N3O/c16-15(19)12-3-1-2-11-4-5-13(18-14(11)12)10-6-8-17-9-7-10/h1-9H,(H2,16,19). The summed E-state index contributed by atoms with van der Waals surface area (Å²) in [5, 5.41) is 0.897. The molecule has 2 aromatic heterocycles. The maximum atomic E-state index is 11.4. The van der Waals surface area contributed by atoms with Gasteiger partial charge in [-0.25, -0.2) is 4.98 Å². The van der Waals surface area contributed by atoms with Crippen molar-refractivity contribution in [2.45, 2.75) is 0 Å². The number of benzene rings is 1. The fraction of sp³-hybridized carbons (Fsp3) is 0.